The van der Waals surface area contributed by atoms with Gasteiger partial charge < -0.3 is 10.1 Å². The molecule has 0 aromatic carbocycles. The molecule has 0 radical (unpaired) electrons. The van der Waals surface area contributed by atoms with Crippen molar-refractivity contribution in [3.05, 3.63) is 0 Å². The summed E-state index contributed by atoms with van der Waals surface area (Å²) in [6, 6.07) is 0. The molecule has 1 heterocycles. The highest BCUT2D eigenvalue weighted by Gasteiger charge is 2.31. The first-order chi connectivity index (χ1) is 8.52. The van der Waals surface area contributed by atoms with Crippen LogP contribution in [-0.2, 0) is 14.9 Å². The average Bonchev–Trinajstić information content (AvgIpc) is 2.39. The molecule has 1 rings (SSSR count). The number of hydrogen-bond acceptors (Lipinski definition) is 4. The first-order valence-electron chi connectivity index (χ1n) is 6.50. The van der Waals surface area contributed by atoms with Crippen LogP contribution in [0, 0.1) is 0 Å². The Morgan fingerprint density at radius 3 is 2.83 bits per heavy atom. The lowest BCUT2D eigenvalue weighted by Crippen LogP contribution is -2.50. The zero-order valence-electron chi connectivity index (χ0n) is 11.6. The number of morpholine rings is 1. The fourth-order valence-electron chi connectivity index (χ4n) is 1.94. The third kappa shape index (κ3) is 4.17. The van der Waals surface area contributed by atoms with Crippen molar-refractivity contribution >= 4 is 10.2 Å². The van der Waals surface area contributed by atoms with Crippen molar-refractivity contribution in [3.8, 4) is 0 Å². The third-order valence-corrected chi connectivity index (χ3v) is 5.13. The van der Waals surface area contributed by atoms with Gasteiger partial charge in [-0.2, -0.15) is 17.0 Å². The average molecular weight is 279 g/mol. The molecule has 1 unspecified atom stereocenters. The molecule has 6 nitrogen and oxygen atoms in total. The molecule has 0 saturated carbocycles. The maximum Gasteiger partial charge on any atom is 0.281 e. The second-order valence-corrected chi connectivity index (χ2v) is 6.58. The minimum atomic E-state index is -3.33. The molecule has 1 aliphatic heterocycles. The predicted molar refractivity (Wildman–Crippen MR) is 71.7 cm³/mol. The zero-order chi connectivity index (χ0) is 13.6. The highest BCUT2D eigenvalue weighted by molar-refractivity contribution is 7.86. The predicted octanol–water partition coefficient (Wildman–Crippen LogP) is -0.117. The molecule has 0 aromatic rings. The van der Waals surface area contributed by atoms with E-state index in [4.69, 9.17) is 4.74 Å². The van der Waals surface area contributed by atoms with Gasteiger partial charge in [0.15, 0.2) is 0 Å². The van der Waals surface area contributed by atoms with E-state index < -0.39 is 10.2 Å². The summed E-state index contributed by atoms with van der Waals surface area (Å²) in [5.74, 6) is 0. The molecule has 0 bridgehead atoms. The minimum Gasteiger partial charge on any atom is -0.375 e. The van der Waals surface area contributed by atoms with E-state index in [1.165, 1.54) is 8.61 Å². The second kappa shape index (κ2) is 7.40. The summed E-state index contributed by atoms with van der Waals surface area (Å²) in [4.78, 5) is 0. The molecular formula is C11H25N3O3S. The molecule has 0 amide bonds. The SMILES string of the molecule is CCC1CN(S(=O)(=O)N(C)CCCNC)CCO1. The van der Waals surface area contributed by atoms with Gasteiger partial charge in [0.05, 0.1) is 12.7 Å². The van der Waals surface area contributed by atoms with Crippen LogP contribution in [0.2, 0.25) is 0 Å². The summed E-state index contributed by atoms with van der Waals surface area (Å²) < 4.78 is 33.1. The van der Waals surface area contributed by atoms with E-state index in [0.29, 0.717) is 26.2 Å². The summed E-state index contributed by atoms with van der Waals surface area (Å²) in [6.45, 7) is 4.78. The van der Waals surface area contributed by atoms with Gasteiger partial charge in [-0.15, -0.1) is 0 Å². The van der Waals surface area contributed by atoms with Gasteiger partial charge in [-0.25, -0.2) is 0 Å². The maximum atomic E-state index is 12.3. The van der Waals surface area contributed by atoms with Gasteiger partial charge in [-0.1, -0.05) is 6.92 Å². The van der Waals surface area contributed by atoms with Crippen molar-refractivity contribution < 1.29 is 13.2 Å². The van der Waals surface area contributed by atoms with Crippen molar-refractivity contribution in [1.82, 2.24) is 13.9 Å². The quantitative estimate of drug-likeness (QED) is 0.660. The van der Waals surface area contributed by atoms with Crippen molar-refractivity contribution in [1.29, 1.82) is 0 Å². The van der Waals surface area contributed by atoms with Gasteiger partial charge in [-0.3, -0.25) is 0 Å². The van der Waals surface area contributed by atoms with Crippen LogP contribution in [0.1, 0.15) is 19.8 Å². The summed E-state index contributed by atoms with van der Waals surface area (Å²) in [5, 5.41) is 3.02. The number of rotatable bonds is 7. The number of nitrogens with one attached hydrogen (secondary N) is 1. The molecule has 7 heteroatoms. The van der Waals surface area contributed by atoms with Gasteiger partial charge >= 0.3 is 0 Å². The van der Waals surface area contributed by atoms with Crippen LogP contribution in [0.3, 0.4) is 0 Å². The van der Waals surface area contributed by atoms with Crippen LogP contribution >= 0.6 is 0 Å². The maximum absolute atomic E-state index is 12.3. The Morgan fingerprint density at radius 2 is 2.22 bits per heavy atom. The highest BCUT2D eigenvalue weighted by Crippen LogP contribution is 2.14. The Labute approximate surface area is 110 Å². The summed E-state index contributed by atoms with van der Waals surface area (Å²) in [6.07, 6.45) is 1.68. The highest BCUT2D eigenvalue weighted by atomic mass is 32.2. The lowest BCUT2D eigenvalue weighted by atomic mass is 10.2. The van der Waals surface area contributed by atoms with Gasteiger partial charge in [0.2, 0.25) is 0 Å². The standard InChI is InChI=1S/C11H25N3O3S/c1-4-11-10-14(8-9-17-11)18(15,16)13(3)7-5-6-12-2/h11-12H,4-10H2,1-3H3. The van der Waals surface area contributed by atoms with Crippen molar-refractivity contribution in [2.24, 2.45) is 0 Å². The zero-order valence-corrected chi connectivity index (χ0v) is 12.4. The second-order valence-electron chi connectivity index (χ2n) is 4.55. The Morgan fingerprint density at radius 1 is 1.50 bits per heavy atom. The van der Waals surface area contributed by atoms with Gasteiger partial charge in [0, 0.05) is 26.7 Å². The smallest absolute Gasteiger partial charge is 0.281 e. The van der Waals surface area contributed by atoms with E-state index >= 15 is 0 Å². The van der Waals surface area contributed by atoms with E-state index in [-0.39, 0.29) is 6.10 Å². The number of ether oxygens (including phenoxy) is 1. The van der Waals surface area contributed by atoms with Crippen LogP contribution in [0.5, 0.6) is 0 Å². The third-order valence-electron chi connectivity index (χ3n) is 3.18. The minimum absolute atomic E-state index is 0.0271. The van der Waals surface area contributed by atoms with Gasteiger partial charge in [-0.05, 0) is 26.4 Å². The molecule has 1 saturated heterocycles. The van der Waals surface area contributed by atoms with Crippen molar-refractivity contribution in [2.75, 3.05) is 46.9 Å². The molecule has 18 heavy (non-hydrogen) atoms. The fraction of sp³-hybridized carbons (Fsp3) is 1.00. The molecule has 108 valence electrons. The molecule has 1 fully saturated rings. The van der Waals surface area contributed by atoms with Crippen molar-refractivity contribution in [2.45, 2.75) is 25.9 Å². The Bertz CT molecular complexity index is 334. The Balaban J connectivity index is 2.55. The fourth-order valence-corrected chi connectivity index (χ4v) is 3.35. The van der Waals surface area contributed by atoms with Crippen LogP contribution in [0.4, 0.5) is 0 Å². The van der Waals surface area contributed by atoms with E-state index in [2.05, 4.69) is 5.32 Å². The first-order valence-corrected chi connectivity index (χ1v) is 7.89. The first kappa shape index (κ1) is 15.8. The molecule has 0 aromatic heterocycles. The molecule has 0 aliphatic carbocycles. The van der Waals surface area contributed by atoms with Gasteiger partial charge in [0.25, 0.3) is 10.2 Å². The molecule has 1 atom stereocenters. The summed E-state index contributed by atoms with van der Waals surface area (Å²) in [5.41, 5.74) is 0. The largest absolute Gasteiger partial charge is 0.375 e. The number of hydrogen-bond donors (Lipinski definition) is 1. The van der Waals surface area contributed by atoms with E-state index in [9.17, 15) is 8.42 Å². The van der Waals surface area contributed by atoms with Gasteiger partial charge in [0.1, 0.15) is 0 Å². The Hall–Kier alpha value is -0.210. The number of nitrogens with zero attached hydrogens (tertiary/aromatic N) is 2. The summed E-state index contributed by atoms with van der Waals surface area (Å²) in [7, 11) is 0.177. The van der Waals surface area contributed by atoms with Crippen LogP contribution in [0.25, 0.3) is 0 Å². The monoisotopic (exact) mass is 279 g/mol. The van der Waals surface area contributed by atoms with Crippen molar-refractivity contribution in [3.63, 3.8) is 0 Å². The normalized spacial score (nSPS) is 22.6. The molecular weight excluding hydrogens is 254 g/mol. The molecule has 1 N–H and O–H groups in total. The molecule has 0 spiro atoms. The van der Waals surface area contributed by atoms with E-state index in [0.717, 1.165) is 19.4 Å². The Kier molecular flexibility index (Phi) is 6.51. The lowest BCUT2D eigenvalue weighted by Gasteiger charge is -2.34. The van der Waals surface area contributed by atoms with Crippen LogP contribution < -0.4 is 5.32 Å². The van der Waals surface area contributed by atoms with E-state index in [1.807, 2.05) is 14.0 Å². The lowest BCUT2D eigenvalue weighted by molar-refractivity contribution is -0.00427. The van der Waals surface area contributed by atoms with Crippen LogP contribution in [-0.4, -0.2) is 70.0 Å². The topological polar surface area (TPSA) is 61.9 Å². The molecule has 1 aliphatic rings. The summed E-state index contributed by atoms with van der Waals surface area (Å²) >= 11 is 0. The van der Waals surface area contributed by atoms with E-state index in [1.54, 1.807) is 7.05 Å². The van der Waals surface area contributed by atoms with Crippen LogP contribution in [0.15, 0.2) is 0 Å².